The van der Waals surface area contributed by atoms with Crippen molar-refractivity contribution in [3.05, 3.63) is 77.8 Å². The predicted molar refractivity (Wildman–Crippen MR) is 105 cm³/mol. The Hall–Kier alpha value is -2.73. The van der Waals surface area contributed by atoms with Crippen molar-refractivity contribution in [1.82, 2.24) is 14.5 Å². The molecule has 5 rings (SSSR count). The Morgan fingerprint density at radius 3 is 2.57 bits per heavy atom. The Labute approximate surface area is 163 Å². The van der Waals surface area contributed by atoms with E-state index in [0.717, 1.165) is 24.2 Å². The number of pyridine rings is 1. The standard InChI is InChI=1S/C22H23FN4O/c1-15-24-11-14-27(15)19-16-5-2-3-6-17(16)22(20(19)28)8-12-26(13-9-22)21-18(23)7-4-10-25-21/h2-7,10-11,14,19-20,28H,8-9,12-13H2,1H3/t19-,20+/m1/s1. The molecule has 0 unspecified atom stereocenters. The number of nitrogens with zero attached hydrogens (tertiary/aromatic N) is 4. The Morgan fingerprint density at radius 2 is 1.86 bits per heavy atom. The summed E-state index contributed by atoms with van der Waals surface area (Å²) in [4.78, 5) is 10.6. The molecule has 1 N–H and O–H groups in total. The van der Waals surface area contributed by atoms with Crippen LogP contribution in [-0.4, -0.2) is 38.8 Å². The van der Waals surface area contributed by atoms with E-state index < -0.39 is 6.10 Å². The highest BCUT2D eigenvalue weighted by Gasteiger charge is 2.53. The van der Waals surface area contributed by atoms with Gasteiger partial charge in [0.05, 0.1) is 12.1 Å². The van der Waals surface area contributed by atoms with E-state index >= 15 is 0 Å². The van der Waals surface area contributed by atoms with Crippen LogP contribution in [0.3, 0.4) is 0 Å². The van der Waals surface area contributed by atoms with Gasteiger partial charge in [-0.1, -0.05) is 24.3 Å². The monoisotopic (exact) mass is 378 g/mol. The minimum atomic E-state index is -0.548. The van der Waals surface area contributed by atoms with Gasteiger partial charge >= 0.3 is 0 Å². The lowest BCUT2D eigenvalue weighted by molar-refractivity contribution is 0.0486. The smallest absolute Gasteiger partial charge is 0.165 e. The summed E-state index contributed by atoms with van der Waals surface area (Å²) in [5.41, 5.74) is 2.04. The molecule has 1 fully saturated rings. The minimum Gasteiger partial charge on any atom is -0.390 e. The molecule has 0 amide bonds. The van der Waals surface area contributed by atoms with Gasteiger partial charge in [-0.05, 0) is 43.0 Å². The maximum Gasteiger partial charge on any atom is 0.165 e. The number of piperidine rings is 1. The molecule has 1 saturated heterocycles. The Balaban J connectivity index is 1.51. The van der Waals surface area contributed by atoms with Crippen LogP contribution in [0.15, 0.2) is 55.0 Å². The Morgan fingerprint density at radius 1 is 1.07 bits per heavy atom. The van der Waals surface area contributed by atoms with E-state index in [-0.39, 0.29) is 17.3 Å². The van der Waals surface area contributed by atoms with Gasteiger partial charge in [0.2, 0.25) is 0 Å². The average Bonchev–Trinajstić information content (AvgIpc) is 3.23. The number of imidazole rings is 1. The zero-order chi connectivity index (χ0) is 19.3. The van der Waals surface area contributed by atoms with Gasteiger partial charge in [-0.2, -0.15) is 0 Å². The first-order valence-electron chi connectivity index (χ1n) is 9.74. The van der Waals surface area contributed by atoms with Crippen LogP contribution in [0.2, 0.25) is 0 Å². The molecule has 1 spiro atoms. The van der Waals surface area contributed by atoms with E-state index in [1.807, 2.05) is 30.2 Å². The lowest BCUT2D eigenvalue weighted by Crippen LogP contribution is -2.49. The van der Waals surface area contributed by atoms with E-state index in [1.165, 1.54) is 11.6 Å². The van der Waals surface area contributed by atoms with Crippen molar-refractivity contribution in [3.8, 4) is 0 Å². The number of aryl methyl sites for hydroxylation is 1. The average molecular weight is 378 g/mol. The highest BCUT2D eigenvalue weighted by atomic mass is 19.1. The predicted octanol–water partition coefficient (Wildman–Crippen LogP) is 3.23. The first-order chi connectivity index (χ1) is 13.6. The number of aromatic nitrogens is 3. The number of aliphatic hydroxyl groups is 1. The Bertz CT molecular complexity index is 1010. The number of fused-ring (bicyclic) bond motifs is 2. The fourth-order valence-electron chi connectivity index (χ4n) is 5.12. The molecule has 2 aliphatic rings. The lowest BCUT2D eigenvalue weighted by Gasteiger charge is -2.43. The van der Waals surface area contributed by atoms with Gasteiger partial charge in [-0.15, -0.1) is 0 Å². The summed E-state index contributed by atoms with van der Waals surface area (Å²) >= 11 is 0. The van der Waals surface area contributed by atoms with Crippen LogP contribution in [0.5, 0.6) is 0 Å². The van der Waals surface area contributed by atoms with Gasteiger partial charge in [0.15, 0.2) is 11.6 Å². The van der Waals surface area contributed by atoms with Crippen molar-refractivity contribution in [3.63, 3.8) is 0 Å². The van der Waals surface area contributed by atoms with Crippen LogP contribution in [0.25, 0.3) is 0 Å². The second-order valence-electron chi connectivity index (χ2n) is 7.81. The number of benzene rings is 1. The quantitative estimate of drug-likeness (QED) is 0.744. The molecule has 2 atom stereocenters. The molecule has 28 heavy (non-hydrogen) atoms. The van der Waals surface area contributed by atoms with E-state index in [0.29, 0.717) is 18.9 Å². The van der Waals surface area contributed by atoms with E-state index in [1.54, 1.807) is 18.5 Å². The molecule has 3 heterocycles. The zero-order valence-electron chi connectivity index (χ0n) is 15.8. The number of hydrogen-bond acceptors (Lipinski definition) is 4. The van der Waals surface area contributed by atoms with Crippen molar-refractivity contribution < 1.29 is 9.50 Å². The van der Waals surface area contributed by atoms with Crippen LogP contribution in [-0.2, 0) is 5.41 Å². The van der Waals surface area contributed by atoms with Gasteiger partial charge in [0.25, 0.3) is 0 Å². The molecule has 144 valence electrons. The number of aliphatic hydroxyl groups excluding tert-OH is 1. The molecule has 1 aliphatic carbocycles. The highest BCUT2D eigenvalue weighted by molar-refractivity contribution is 5.48. The molecule has 6 heteroatoms. The normalized spacial score (nSPS) is 23.2. The third-order valence-corrected chi connectivity index (χ3v) is 6.54. The summed E-state index contributed by atoms with van der Waals surface area (Å²) in [6.45, 7) is 3.29. The molecule has 0 radical (unpaired) electrons. The summed E-state index contributed by atoms with van der Waals surface area (Å²) < 4.78 is 16.3. The number of hydrogen-bond donors (Lipinski definition) is 1. The van der Waals surface area contributed by atoms with Crippen LogP contribution in [0.1, 0.15) is 35.8 Å². The summed E-state index contributed by atoms with van der Waals surface area (Å²) in [6.07, 6.45) is 6.31. The second-order valence-corrected chi connectivity index (χ2v) is 7.81. The number of halogens is 1. The molecule has 1 aromatic carbocycles. The molecule has 0 saturated carbocycles. The lowest BCUT2D eigenvalue weighted by atomic mass is 9.72. The number of rotatable bonds is 2. The van der Waals surface area contributed by atoms with Gasteiger partial charge in [0.1, 0.15) is 5.82 Å². The first-order valence-corrected chi connectivity index (χ1v) is 9.74. The SMILES string of the molecule is Cc1nccn1[C@@H]1c2ccccc2C2(CCN(c3ncccc3F)CC2)[C@H]1O. The van der Waals surface area contributed by atoms with Crippen molar-refractivity contribution in [1.29, 1.82) is 0 Å². The molecular weight excluding hydrogens is 355 g/mol. The second kappa shape index (κ2) is 6.41. The zero-order valence-corrected chi connectivity index (χ0v) is 15.8. The molecule has 5 nitrogen and oxygen atoms in total. The van der Waals surface area contributed by atoms with E-state index in [9.17, 15) is 9.50 Å². The number of anilines is 1. The van der Waals surface area contributed by atoms with Crippen LogP contribution in [0, 0.1) is 12.7 Å². The third-order valence-electron chi connectivity index (χ3n) is 6.54. The third kappa shape index (κ3) is 2.41. The van der Waals surface area contributed by atoms with Gasteiger partial charge in [-0.25, -0.2) is 14.4 Å². The fraction of sp³-hybridized carbons (Fsp3) is 0.364. The first kappa shape index (κ1) is 17.4. The van der Waals surface area contributed by atoms with E-state index in [4.69, 9.17) is 0 Å². The summed E-state index contributed by atoms with van der Waals surface area (Å²) in [7, 11) is 0. The van der Waals surface area contributed by atoms with Crippen molar-refractivity contribution in [2.75, 3.05) is 18.0 Å². The Kier molecular flexibility index (Phi) is 3.98. The maximum atomic E-state index is 14.2. The van der Waals surface area contributed by atoms with Gasteiger partial charge in [0, 0.05) is 37.1 Å². The van der Waals surface area contributed by atoms with E-state index in [2.05, 4.69) is 26.7 Å². The van der Waals surface area contributed by atoms with Crippen LogP contribution < -0.4 is 4.90 Å². The molecule has 1 aliphatic heterocycles. The molecule has 2 aromatic heterocycles. The fourth-order valence-corrected chi connectivity index (χ4v) is 5.12. The van der Waals surface area contributed by atoms with Crippen molar-refractivity contribution in [2.45, 2.75) is 37.3 Å². The van der Waals surface area contributed by atoms with Gasteiger partial charge < -0.3 is 14.6 Å². The van der Waals surface area contributed by atoms with Crippen molar-refractivity contribution in [2.24, 2.45) is 0 Å². The summed E-state index contributed by atoms with van der Waals surface area (Å²) in [5.74, 6) is 1.00. The highest BCUT2D eigenvalue weighted by Crippen LogP contribution is 2.52. The summed E-state index contributed by atoms with van der Waals surface area (Å²) in [6, 6.07) is 11.2. The topological polar surface area (TPSA) is 54.2 Å². The molecule has 3 aromatic rings. The summed E-state index contributed by atoms with van der Waals surface area (Å²) in [5, 5.41) is 11.5. The van der Waals surface area contributed by atoms with Crippen molar-refractivity contribution >= 4 is 5.82 Å². The molecular formula is C22H23FN4O. The minimum absolute atomic E-state index is 0.142. The van der Waals surface area contributed by atoms with Crippen LogP contribution in [0.4, 0.5) is 10.2 Å². The molecule has 0 bridgehead atoms. The largest absolute Gasteiger partial charge is 0.390 e. The van der Waals surface area contributed by atoms with Crippen LogP contribution >= 0.6 is 0 Å². The maximum absolute atomic E-state index is 14.2. The van der Waals surface area contributed by atoms with Gasteiger partial charge in [-0.3, -0.25) is 0 Å².